The van der Waals surface area contributed by atoms with Crippen LogP contribution in [0.2, 0.25) is 5.02 Å². The molecule has 2 N–H and O–H groups in total. The molecule has 1 fully saturated rings. The fourth-order valence-electron chi connectivity index (χ4n) is 2.55. The summed E-state index contributed by atoms with van der Waals surface area (Å²) in [7, 11) is 0. The van der Waals surface area contributed by atoms with Crippen molar-refractivity contribution in [3.8, 4) is 0 Å². The number of benzene rings is 1. The molecule has 21 heavy (non-hydrogen) atoms. The van der Waals surface area contributed by atoms with Gasteiger partial charge in [0.1, 0.15) is 0 Å². The summed E-state index contributed by atoms with van der Waals surface area (Å²) in [5.74, 6) is 0. The van der Waals surface area contributed by atoms with Gasteiger partial charge in [-0.05, 0) is 18.1 Å². The molecule has 1 aromatic rings. The molecule has 1 atom stereocenters. The average molecular weight is 336 g/mol. The molecule has 8 heteroatoms. The minimum Gasteiger partial charge on any atom is -0.396 e. The second-order valence-corrected chi connectivity index (χ2v) is 5.18. The maximum absolute atomic E-state index is 10.9. The molecular weight excluding hydrogens is 317 g/mol. The van der Waals surface area contributed by atoms with Crippen LogP contribution in [-0.4, -0.2) is 47.7 Å². The van der Waals surface area contributed by atoms with Gasteiger partial charge in [0, 0.05) is 56.0 Å². The second kappa shape index (κ2) is 8.51. The van der Waals surface area contributed by atoms with Gasteiger partial charge in [0.25, 0.3) is 5.69 Å². The van der Waals surface area contributed by atoms with E-state index in [1.54, 1.807) is 6.07 Å². The average Bonchev–Trinajstić information content (AvgIpc) is 2.46. The third-order valence-electron chi connectivity index (χ3n) is 3.54. The van der Waals surface area contributed by atoms with Gasteiger partial charge in [-0.15, -0.1) is 12.4 Å². The van der Waals surface area contributed by atoms with Crippen LogP contribution in [0.25, 0.3) is 0 Å². The van der Waals surface area contributed by atoms with E-state index in [0.717, 1.165) is 31.7 Å². The molecule has 1 heterocycles. The third kappa shape index (κ3) is 4.52. The minimum atomic E-state index is -0.423. The summed E-state index contributed by atoms with van der Waals surface area (Å²) in [4.78, 5) is 12.7. The number of piperazine rings is 1. The standard InChI is InChI=1S/C13H18ClN3O3.ClH/c14-12-2-1-10(17(19)20)9-11(12)13(3-8-18)16-6-4-15-5-7-16;/h1-2,9,13,15,18H,3-8H2;1H/t13-;/m0./s1. The summed E-state index contributed by atoms with van der Waals surface area (Å²) in [6.45, 7) is 3.43. The number of hydrogen-bond acceptors (Lipinski definition) is 5. The first-order chi connectivity index (χ1) is 9.63. The van der Waals surface area contributed by atoms with E-state index in [1.165, 1.54) is 12.1 Å². The third-order valence-corrected chi connectivity index (χ3v) is 3.89. The highest BCUT2D eigenvalue weighted by Crippen LogP contribution is 2.33. The smallest absolute Gasteiger partial charge is 0.269 e. The van der Waals surface area contributed by atoms with Crippen LogP contribution < -0.4 is 5.32 Å². The Balaban J connectivity index is 0.00000220. The van der Waals surface area contributed by atoms with Gasteiger partial charge in [-0.25, -0.2) is 0 Å². The van der Waals surface area contributed by atoms with Crippen molar-refractivity contribution in [2.24, 2.45) is 0 Å². The Morgan fingerprint density at radius 2 is 2.10 bits per heavy atom. The Morgan fingerprint density at radius 1 is 1.43 bits per heavy atom. The molecule has 1 aliphatic rings. The number of aliphatic hydroxyl groups is 1. The van der Waals surface area contributed by atoms with E-state index in [0.29, 0.717) is 11.4 Å². The molecule has 0 unspecified atom stereocenters. The Labute approximate surface area is 134 Å². The van der Waals surface area contributed by atoms with Gasteiger partial charge in [-0.3, -0.25) is 15.0 Å². The number of halogens is 2. The number of rotatable bonds is 5. The number of nitrogens with zero attached hydrogens (tertiary/aromatic N) is 2. The zero-order valence-electron chi connectivity index (χ0n) is 11.5. The van der Waals surface area contributed by atoms with Crippen LogP contribution in [0.5, 0.6) is 0 Å². The zero-order valence-corrected chi connectivity index (χ0v) is 13.1. The summed E-state index contributed by atoms with van der Waals surface area (Å²) in [6, 6.07) is 4.39. The molecule has 0 aliphatic carbocycles. The molecule has 0 radical (unpaired) electrons. The fourth-order valence-corrected chi connectivity index (χ4v) is 2.79. The first kappa shape index (κ1) is 18.1. The highest BCUT2D eigenvalue weighted by atomic mass is 35.5. The maximum Gasteiger partial charge on any atom is 0.269 e. The number of nitro benzene ring substituents is 1. The number of aliphatic hydroxyl groups excluding tert-OH is 1. The molecule has 1 aliphatic heterocycles. The Kier molecular flexibility index (Phi) is 7.34. The molecule has 1 saturated heterocycles. The monoisotopic (exact) mass is 335 g/mol. The number of hydrogen-bond donors (Lipinski definition) is 2. The molecule has 0 amide bonds. The van der Waals surface area contributed by atoms with E-state index in [4.69, 9.17) is 11.6 Å². The molecule has 1 aromatic carbocycles. The van der Waals surface area contributed by atoms with Crippen LogP contribution >= 0.6 is 24.0 Å². The van der Waals surface area contributed by atoms with Gasteiger partial charge in [0.2, 0.25) is 0 Å². The van der Waals surface area contributed by atoms with E-state index < -0.39 is 4.92 Å². The Morgan fingerprint density at radius 3 is 2.67 bits per heavy atom. The highest BCUT2D eigenvalue weighted by molar-refractivity contribution is 6.31. The summed E-state index contributed by atoms with van der Waals surface area (Å²) in [6.07, 6.45) is 0.515. The predicted molar refractivity (Wildman–Crippen MR) is 84.2 cm³/mol. The van der Waals surface area contributed by atoms with E-state index in [9.17, 15) is 15.2 Å². The molecule has 6 nitrogen and oxygen atoms in total. The van der Waals surface area contributed by atoms with Gasteiger partial charge in [-0.1, -0.05) is 11.6 Å². The van der Waals surface area contributed by atoms with Crippen molar-refractivity contribution in [3.05, 3.63) is 38.9 Å². The van der Waals surface area contributed by atoms with Crippen LogP contribution in [0, 0.1) is 10.1 Å². The van der Waals surface area contributed by atoms with Crippen molar-refractivity contribution >= 4 is 29.7 Å². The number of nitro groups is 1. The van der Waals surface area contributed by atoms with Crippen molar-refractivity contribution in [1.29, 1.82) is 0 Å². The maximum atomic E-state index is 10.9. The van der Waals surface area contributed by atoms with E-state index in [1.807, 2.05) is 0 Å². The first-order valence-electron chi connectivity index (χ1n) is 6.63. The molecule has 0 aromatic heterocycles. The lowest BCUT2D eigenvalue weighted by Crippen LogP contribution is -2.45. The lowest BCUT2D eigenvalue weighted by Gasteiger charge is -2.35. The van der Waals surface area contributed by atoms with Crippen molar-refractivity contribution < 1.29 is 10.0 Å². The van der Waals surface area contributed by atoms with Gasteiger partial charge < -0.3 is 10.4 Å². The molecule has 118 valence electrons. The van der Waals surface area contributed by atoms with Crippen molar-refractivity contribution in [3.63, 3.8) is 0 Å². The second-order valence-electron chi connectivity index (χ2n) is 4.78. The Bertz CT molecular complexity index is 482. The fraction of sp³-hybridized carbons (Fsp3) is 0.538. The van der Waals surface area contributed by atoms with Crippen molar-refractivity contribution in [1.82, 2.24) is 10.2 Å². The predicted octanol–water partition coefficient (Wildman–Crippen LogP) is 2.00. The van der Waals surface area contributed by atoms with Crippen LogP contribution in [0.1, 0.15) is 18.0 Å². The van der Waals surface area contributed by atoms with E-state index in [2.05, 4.69) is 10.2 Å². The summed E-state index contributed by atoms with van der Waals surface area (Å²) >= 11 is 6.20. The van der Waals surface area contributed by atoms with Crippen LogP contribution in [0.15, 0.2) is 18.2 Å². The van der Waals surface area contributed by atoms with Crippen LogP contribution in [0.3, 0.4) is 0 Å². The van der Waals surface area contributed by atoms with E-state index >= 15 is 0 Å². The van der Waals surface area contributed by atoms with Gasteiger partial charge in [0.05, 0.1) is 4.92 Å². The van der Waals surface area contributed by atoms with Gasteiger partial charge in [-0.2, -0.15) is 0 Å². The van der Waals surface area contributed by atoms with Gasteiger partial charge >= 0.3 is 0 Å². The van der Waals surface area contributed by atoms with Crippen molar-refractivity contribution in [2.45, 2.75) is 12.5 Å². The zero-order chi connectivity index (χ0) is 14.5. The molecule has 0 spiro atoms. The SMILES string of the molecule is Cl.O=[N+]([O-])c1ccc(Cl)c([C@H](CCO)N2CCNCC2)c1. The largest absolute Gasteiger partial charge is 0.396 e. The topological polar surface area (TPSA) is 78.6 Å². The summed E-state index contributed by atoms with van der Waals surface area (Å²) in [5, 5.41) is 24.0. The Hall–Kier alpha value is -0.920. The van der Waals surface area contributed by atoms with Gasteiger partial charge in [0.15, 0.2) is 0 Å². The van der Waals surface area contributed by atoms with E-state index in [-0.39, 0.29) is 30.7 Å². The molecule has 2 rings (SSSR count). The van der Waals surface area contributed by atoms with Crippen LogP contribution in [0.4, 0.5) is 5.69 Å². The molecule has 0 saturated carbocycles. The van der Waals surface area contributed by atoms with Crippen LogP contribution in [-0.2, 0) is 0 Å². The number of nitrogens with one attached hydrogen (secondary N) is 1. The van der Waals surface area contributed by atoms with Crippen molar-refractivity contribution in [2.75, 3.05) is 32.8 Å². The molecular formula is C13H19Cl2N3O3. The number of non-ortho nitro benzene ring substituents is 1. The summed E-state index contributed by atoms with van der Waals surface area (Å²) in [5.41, 5.74) is 0.749. The lowest BCUT2D eigenvalue weighted by atomic mass is 10.0. The highest BCUT2D eigenvalue weighted by Gasteiger charge is 2.25. The first-order valence-corrected chi connectivity index (χ1v) is 7.00. The minimum absolute atomic E-state index is 0. The normalized spacial score (nSPS) is 17.0. The summed E-state index contributed by atoms with van der Waals surface area (Å²) < 4.78 is 0. The lowest BCUT2D eigenvalue weighted by molar-refractivity contribution is -0.385. The quantitative estimate of drug-likeness (QED) is 0.635. The molecule has 0 bridgehead atoms.